The van der Waals surface area contributed by atoms with Crippen molar-refractivity contribution >= 4 is 11.6 Å². The maximum atomic E-state index is 13.1. The molecule has 0 aliphatic rings. The highest BCUT2D eigenvalue weighted by Gasteiger charge is 2.13. The van der Waals surface area contributed by atoms with Gasteiger partial charge in [-0.1, -0.05) is 5.16 Å². The Morgan fingerprint density at radius 2 is 2.35 bits per heavy atom. The maximum absolute atomic E-state index is 13.1. The summed E-state index contributed by atoms with van der Waals surface area (Å²) in [5.41, 5.74) is 0.215. The van der Waals surface area contributed by atoms with E-state index in [1.165, 1.54) is 25.3 Å². The topological polar surface area (TPSA) is 88.1 Å². The van der Waals surface area contributed by atoms with Crippen molar-refractivity contribution < 1.29 is 18.4 Å². The minimum atomic E-state index is -0.644. The molecule has 1 aromatic heterocycles. The number of hydrogen-bond donors (Lipinski definition) is 1. The summed E-state index contributed by atoms with van der Waals surface area (Å²) in [4.78, 5) is 11.9. The Kier molecular flexibility index (Phi) is 4.08. The average molecular weight is 275 g/mol. The predicted octanol–water partition coefficient (Wildman–Crippen LogP) is 2.08. The Morgan fingerprint density at radius 1 is 1.55 bits per heavy atom. The molecular formula is C13H10FN3O3. The standard InChI is InChI=1S/C13H10FN3O3/c1-19-7-10-5-12(17-20-10)13(18)16-9-2-3-11(14)8(4-9)6-15/h2-5H,7H2,1H3,(H,16,18). The molecule has 0 saturated heterocycles. The van der Waals surface area contributed by atoms with E-state index in [0.717, 1.165) is 6.07 Å². The normalized spacial score (nSPS) is 10.1. The lowest BCUT2D eigenvalue weighted by atomic mass is 10.2. The summed E-state index contributed by atoms with van der Waals surface area (Å²) in [5, 5.41) is 14.8. The van der Waals surface area contributed by atoms with Gasteiger partial charge in [0.05, 0.1) is 5.56 Å². The van der Waals surface area contributed by atoms with Gasteiger partial charge >= 0.3 is 0 Å². The fourth-order valence-corrected chi connectivity index (χ4v) is 1.51. The van der Waals surface area contributed by atoms with Crippen LogP contribution in [0.15, 0.2) is 28.8 Å². The van der Waals surface area contributed by atoms with Crippen LogP contribution in [0.2, 0.25) is 0 Å². The number of benzene rings is 1. The molecule has 102 valence electrons. The van der Waals surface area contributed by atoms with Crippen LogP contribution in [0.1, 0.15) is 21.8 Å². The molecule has 20 heavy (non-hydrogen) atoms. The van der Waals surface area contributed by atoms with Crippen molar-refractivity contribution in [1.82, 2.24) is 5.16 Å². The number of rotatable bonds is 4. The van der Waals surface area contributed by atoms with Gasteiger partial charge in [-0.3, -0.25) is 4.79 Å². The third-order valence-corrected chi connectivity index (χ3v) is 2.42. The zero-order valence-electron chi connectivity index (χ0n) is 10.5. The van der Waals surface area contributed by atoms with Gasteiger partial charge in [0, 0.05) is 18.9 Å². The number of halogens is 1. The number of nitrogens with one attached hydrogen (secondary N) is 1. The van der Waals surface area contributed by atoms with Crippen molar-refractivity contribution in [2.75, 3.05) is 12.4 Å². The molecule has 0 spiro atoms. The van der Waals surface area contributed by atoms with Crippen LogP contribution in [0.5, 0.6) is 0 Å². The molecule has 0 saturated carbocycles. The average Bonchev–Trinajstić information content (AvgIpc) is 2.90. The van der Waals surface area contributed by atoms with E-state index in [1.54, 1.807) is 6.07 Å². The summed E-state index contributed by atoms with van der Waals surface area (Å²) in [6, 6.07) is 6.83. The number of nitriles is 1. The Bertz CT molecular complexity index is 676. The molecule has 0 bridgehead atoms. The second-order valence-corrected chi connectivity index (χ2v) is 3.87. The highest BCUT2D eigenvalue weighted by Crippen LogP contribution is 2.15. The maximum Gasteiger partial charge on any atom is 0.277 e. The van der Waals surface area contributed by atoms with Gasteiger partial charge in [0.25, 0.3) is 5.91 Å². The van der Waals surface area contributed by atoms with Crippen molar-refractivity contribution in [3.05, 3.63) is 47.1 Å². The van der Waals surface area contributed by atoms with E-state index in [4.69, 9.17) is 14.5 Å². The summed E-state index contributed by atoms with van der Waals surface area (Å²) >= 11 is 0. The van der Waals surface area contributed by atoms with Crippen LogP contribution in [0, 0.1) is 17.1 Å². The van der Waals surface area contributed by atoms with Crippen LogP contribution < -0.4 is 5.32 Å². The third kappa shape index (κ3) is 2.99. The Balaban J connectivity index is 2.13. The largest absolute Gasteiger partial charge is 0.377 e. The van der Waals surface area contributed by atoms with Crippen LogP contribution in [0.25, 0.3) is 0 Å². The number of carbonyl (C=O) groups excluding carboxylic acids is 1. The highest BCUT2D eigenvalue weighted by atomic mass is 19.1. The Hall–Kier alpha value is -2.72. The second-order valence-electron chi connectivity index (χ2n) is 3.87. The molecule has 1 aromatic carbocycles. The van der Waals surface area contributed by atoms with E-state index in [2.05, 4.69) is 10.5 Å². The predicted molar refractivity (Wildman–Crippen MR) is 66.3 cm³/mol. The monoisotopic (exact) mass is 275 g/mol. The third-order valence-electron chi connectivity index (χ3n) is 2.42. The summed E-state index contributed by atoms with van der Waals surface area (Å²) in [5.74, 6) is -0.754. The first-order chi connectivity index (χ1) is 9.63. The molecule has 7 heteroatoms. The van der Waals surface area contributed by atoms with Gasteiger partial charge in [-0.2, -0.15) is 5.26 Å². The van der Waals surface area contributed by atoms with Gasteiger partial charge in [0.1, 0.15) is 18.5 Å². The van der Waals surface area contributed by atoms with E-state index in [1.807, 2.05) is 0 Å². The summed E-state index contributed by atoms with van der Waals surface area (Å²) in [6.45, 7) is 0.204. The summed E-state index contributed by atoms with van der Waals surface area (Å²) in [7, 11) is 1.49. The summed E-state index contributed by atoms with van der Waals surface area (Å²) in [6.07, 6.45) is 0. The van der Waals surface area contributed by atoms with Crippen molar-refractivity contribution in [2.24, 2.45) is 0 Å². The molecule has 1 heterocycles. The number of hydrogen-bond acceptors (Lipinski definition) is 5. The second kappa shape index (κ2) is 5.95. The summed E-state index contributed by atoms with van der Waals surface area (Å²) < 4.78 is 22.9. The minimum Gasteiger partial charge on any atom is -0.377 e. The lowest BCUT2D eigenvalue weighted by molar-refractivity contribution is 0.101. The van der Waals surface area contributed by atoms with Gasteiger partial charge in [0.2, 0.25) is 0 Å². The zero-order valence-corrected chi connectivity index (χ0v) is 10.5. The lowest BCUT2D eigenvalue weighted by Crippen LogP contribution is -2.12. The SMILES string of the molecule is COCc1cc(C(=O)Nc2ccc(F)c(C#N)c2)no1. The van der Waals surface area contributed by atoms with E-state index in [0.29, 0.717) is 11.4 Å². The molecule has 6 nitrogen and oxygen atoms in total. The first kappa shape index (κ1) is 13.7. The number of anilines is 1. The first-order valence-electron chi connectivity index (χ1n) is 5.59. The molecule has 1 amide bonds. The molecule has 2 rings (SSSR count). The van der Waals surface area contributed by atoms with E-state index in [9.17, 15) is 9.18 Å². The first-order valence-corrected chi connectivity index (χ1v) is 5.59. The zero-order chi connectivity index (χ0) is 14.5. The van der Waals surface area contributed by atoms with Crippen molar-refractivity contribution in [2.45, 2.75) is 6.61 Å². The van der Waals surface area contributed by atoms with Gasteiger partial charge in [-0.05, 0) is 18.2 Å². The van der Waals surface area contributed by atoms with Crippen LogP contribution in [0.4, 0.5) is 10.1 Å². The van der Waals surface area contributed by atoms with E-state index < -0.39 is 11.7 Å². The molecule has 0 aliphatic carbocycles. The number of carbonyl (C=O) groups is 1. The lowest BCUT2D eigenvalue weighted by Gasteiger charge is -2.03. The van der Waals surface area contributed by atoms with Crippen molar-refractivity contribution in [3.8, 4) is 6.07 Å². The molecule has 0 unspecified atom stereocenters. The number of methoxy groups -OCH3 is 1. The van der Waals surface area contributed by atoms with Gasteiger partial charge in [0.15, 0.2) is 11.5 Å². The fraction of sp³-hybridized carbons (Fsp3) is 0.154. The Morgan fingerprint density at radius 3 is 3.05 bits per heavy atom. The highest BCUT2D eigenvalue weighted by molar-refractivity contribution is 6.02. The van der Waals surface area contributed by atoms with Crippen LogP contribution in [0.3, 0.4) is 0 Å². The van der Waals surface area contributed by atoms with Crippen LogP contribution in [-0.4, -0.2) is 18.2 Å². The van der Waals surface area contributed by atoms with Crippen molar-refractivity contribution in [3.63, 3.8) is 0 Å². The van der Waals surface area contributed by atoms with E-state index in [-0.39, 0.29) is 17.9 Å². The van der Waals surface area contributed by atoms with Gasteiger partial charge in [-0.25, -0.2) is 4.39 Å². The number of ether oxygens (including phenoxy) is 1. The molecule has 0 aliphatic heterocycles. The number of nitrogens with zero attached hydrogens (tertiary/aromatic N) is 2. The Labute approximate surface area is 113 Å². The molecule has 2 aromatic rings. The smallest absolute Gasteiger partial charge is 0.277 e. The molecule has 0 atom stereocenters. The van der Waals surface area contributed by atoms with Gasteiger partial charge in [-0.15, -0.1) is 0 Å². The van der Waals surface area contributed by atoms with Gasteiger partial charge < -0.3 is 14.6 Å². The molecule has 0 fully saturated rings. The number of aromatic nitrogens is 1. The van der Waals surface area contributed by atoms with Crippen LogP contribution >= 0.6 is 0 Å². The van der Waals surface area contributed by atoms with E-state index >= 15 is 0 Å². The molecule has 0 radical (unpaired) electrons. The molecule has 1 N–H and O–H groups in total. The fourth-order valence-electron chi connectivity index (χ4n) is 1.51. The van der Waals surface area contributed by atoms with Crippen molar-refractivity contribution in [1.29, 1.82) is 5.26 Å². The number of amides is 1. The minimum absolute atomic E-state index is 0.0693. The molecular weight excluding hydrogens is 265 g/mol. The quantitative estimate of drug-likeness (QED) is 0.922. The van der Waals surface area contributed by atoms with Crippen LogP contribution in [-0.2, 0) is 11.3 Å².